The lowest BCUT2D eigenvalue weighted by molar-refractivity contribution is -0.384. The quantitative estimate of drug-likeness (QED) is 0.583. The Kier molecular flexibility index (Phi) is 4.91. The number of nitro groups is 1. The van der Waals surface area contributed by atoms with Gasteiger partial charge >= 0.3 is 0 Å². The van der Waals surface area contributed by atoms with E-state index in [-0.39, 0.29) is 5.69 Å². The van der Waals surface area contributed by atoms with E-state index in [1.807, 2.05) is 24.3 Å². The van der Waals surface area contributed by atoms with E-state index in [1.165, 1.54) is 17.7 Å². The van der Waals surface area contributed by atoms with Crippen LogP contribution in [0.25, 0.3) is 6.08 Å². The molecule has 2 aromatic rings. The minimum Gasteiger partial charge on any atom is -0.369 e. The molecule has 2 aliphatic rings. The minimum absolute atomic E-state index is 0.0504. The Balaban J connectivity index is 1.46. The maximum Gasteiger partial charge on any atom is 0.269 e. The average molecular weight is 399 g/mol. The highest BCUT2D eigenvalue weighted by Gasteiger charge is 2.31. The number of fused-ring (bicyclic) bond motifs is 1. The maximum atomic E-state index is 13.1. The molecule has 0 radical (unpaired) electrons. The summed E-state index contributed by atoms with van der Waals surface area (Å²) < 4.78 is 27.7. The molecular formula is C20H21N3O4S. The fourth-order valence-electron chi connectivity index (χ4n) is 3.75. The highest BCUT2D eigenvalue weighted by molar-refractivity contribution is 7.93. The van der Waals surface area contributed by atoms with Gasteiger partial charge in [0.25, 0.3) is 5.69 Å². The summed E-state index contributed by atoms with van der Waals surface area (Å²) in [4.78, 5) is 12.9. The Morgan fingerprint density at radius 1 is 0.893 bits per heavy atom. The number of aryl methyl sites for hydroxylation is 1. The van der Waals surface area contributed by atoms with Crippen LogP contribution in [0.4, 0.5) is 11.4 Å². The van der Waals surface area contributed by atoms with E-state index < -0.39 is 14.9 Å². The van der Waals surface area contributed by atoms with Gasteiger partial charge in [0.1, 0.15) is 0 Å². The number of nitro benzene ring substituents is 1. The largest absolute Gasteiger partial charge is 0.369 e. The summed E-state index contributed by atoms with van der Waals surface area (Å²) in [7, 11) is -3.47. The smallest absolute Gasteiger partial charge is 0.269 e. The molecule has 1 aliphatic carbocycles. The molecule has 1 aliphatic heterocycles. The van der Waals surface area contributed by atoms with Gasteiger partial charge < -0.3 is 4.90 Å². The molecule has 28 heavy (non-hydrogen) atoms. The number of hydrogen-bond acceptors (Lipinski definition) is 5. The molecule has 0 atom stereocenters. The molecule has 0 N–H and O–H groups in total. The third-order valence-electron chi connectivity index (χ3n) is 5.35. The van der Waals surface area contributed by atoms with E-state index in [1.54, 1.807) is 22.5 Å². The van der Waals surface area contributed by atoms with Crippen LogP contribution in [0.1, 0.15) is 17.5 Å². The molecule has 1 heterocycles. The van der Waals surface area contributed by atoms with Crippen molar-refractivity contribution in [1.82, 2.24) is 4.31 Å². The van der Waals surface area contributed by atoms with Crippen molar-refractivity contribution < 1.29 is 13.3 Å². The second-order valence-electron chi connectivity index (χ2n) is 6.97. The van der Waals surface area contributed by atoms with Crippen LogP contribution in [0.5, 0.6) is 0 Å². The van der Waals surface area contributed by atoms with Crippen LogP contribution in [-0.2, 0) is 16.4 Å². The molecule has 7 nitrogen and oxygen atoms in total. The molecule has 0 amide bonds. The lowest BCUT2D eigenvalue weighted by Gasteiger charge is -2.36. The lowest BCUT2D eigenvalue weighted by atomic mass is 9.98. The molecule has 0 bridgehead atoms. The topological polar surface area (TPSA) is 83.8 Å². The van der Waals surface area contributed by atoms with Crippen molar-refractivity contribution in [2.45, 2.75) is 12.8 Å². The van der Waals surface area contributed by atoms with Crippen LogP contribution in [0.15, 0.2) is 53.4 Å². The number of nitrogens with zero attached hydrogens (tertiary/aromatic N) is 3. The zero-order chi connectivity index (χ0) is 19.7. The summed E-state index contributed by atoms with van der Waals surface area (Å²) >= 11 is 0. The van der Waals surface area contributed by atoms with Gasteiger partial charge in [0.2, 0.25) is 10.0 Å². The molecule has 8 heteroatoms. The predicted molar refractivity (Wildman–Crippen MR) is 109 cm³/mol. The fourth-order valence-corrected chi connectivity index (χ4v) is 5.36. The second kappa shape index (κ2) is 7.37. The SMILES string of the molecule is O=[N+]([O-])c1ccc(N2CCN(S(=O)(=O)C3=Cc4ccccc4CC3)CC2)cc1. The van der Waals surface area contributed by atoms with Gasteiger partial charge in [0.05, 0.1) is 9.83 Å². The lowest BCUT2D eigenvalue weighted by Crippen LogP contribution is -2.49. The summed E-state index contributed by atoms with van der Waals surface area (Å²) in [6, 6.07) is 14.3. The van der Waals surface area contributed by atoms with Gasteiger partial charge in [-0.15, -0.1) is 0 Å². The van der Waals surface area contributed by atoms with Crippen molar-refractivity contribution in [3.05, 3.63) is 74.7 Å². The number of benzene rings is 2. The van der Waals surface area contributed by atoms with Gasteiger partial charge in [-0.1, -0.05) is 24.3 Å². The van der Waals surface area contributed by atoms with E-state index >= 15 is 0 Å². The summed E-state index contributed by atoms with van der Waals surface area (Å²) in [6.45, 7) is 1.92. The van der Waals surface area contributed by atoms with E-state index in [2.05, 4.69) is 4.90 Å². The van der Waals surface area contributed by atoms with Crippen LogP contribution in [0.3, 0.4) is 0 Å². The van der Waals surface area contributed by atoms with E-state index in [9.17, 15) is 18.5 Å². The molecule has 4 rings (SSSR count). The first-order valence-electron chi connectivity index (χ1n) is 9.23. The molecule has 0 unspecified atom stereocenters. The third-order valence-corrected chi connectivity index (χ3v) is 7.38. The Bertz CT molecular complexity index is 1020. The molecule has 0 saturated carbocycles. The maximum absolute atomic E-state index is 13.1. The van der Waals surface area contributed by atoms with Crippen LogP contribution >= 0.6 is 0 Å². The Hall–Kier alpha value is -2.71. The van der Waals surface area contributed by atoms with E-state index in [4.69, 9.17) is 0 Å². The summed E-state index contributed by atoms with van der Waals surface area (Å²) in [5.41, 5.74) is 3.09. The Morgan fingerprint density at radius 3 is 2.25 bits per heavy atom. The minimum atomic E-state index is -3.47. The molecule has 1 saturated heterocycles. The Labute approximate surface area is 164 Å². The van der Waals surface area contributed by atoms with Crippen molar-refractivity contribution in [2.75, 3.05) is 31.1 Å². The highest BCUT2D eigenvalue weighted by atomic mass is 32.2. The van der Waals surface area contributed by atoms with Gasteiger partial charge in [-0.3, -0.25) is 10.1 Å². The zero-order valence-corrected chi connectivity index (χ0v) is 16.1. The van der Waals surface area contributed by atoms with Gasteiger partial charge in [-0.25, -0.2) is 8.42 Å². The van der Waals surface area contributed by atoms with Gasteiger partial charge in [-0.2, -0.15) is 4.31 Å². The summed E-state index contributed by atoms with van der Waals surface area (Å²) in [5.74, 6) is 0. The molecule has 0 spiro atoms. The second-order valence-corrected chi connectivity index (χ2v) is 8.97. The van der Waals surface area contributed by atoms with Crippen molar-refractivity contribution in [1.29, 1.82) is 0 Å². The standard InChI is InChI=1S/C20H21N3O4S/c24-23(25)19-8-6-18(7-9-19)21-11-13-22(14-12-21)28(26,27)20-10-5-16-3-1-2-4-17(16)15-20/h1-4,6-9,15H,5,10-14H2. The monoisotopic (exact) mass is 399 g/mol. The summed E-state index contributed by atoms with van der Waals surface area (Å²) in [6.07, 6.45) is 3.07. The first-order valence-corrected chi connectivity index (χ1v) is 10.7. The zero-order valence-electron chi connectivity index (χ0n) is 15.3. The fraction of sp³-hybridized carbons (Fsp3) is 0.300. The molecule has 2 aromatic carbocycles. The number of anilines is 1. The predicted octanol–water partition coefficient (Wildman–Crippen LogP) is 3.03. The van der Waals surface area contributed by atoms with Crippen LogP contribution in [-0.4, -0.2) is 43.8 Å². The number of hydrogen-bond donors (Lipinski definition) is 0. The number of piperazine rings is 1. The van der Waals surface area contributed by atoms with E-state index in [0.717, 1.165) is 17.7 Å². The van der Waals surface area contributed by atoms with E-state index in [0.29, 0.717) is 37.5 Å². The number of rotatable bonds is 4. The normalized spacial score (nSPS) is 17.7. The van der Waals surface area contributed by atoms with Crippen molar-refractivity contribution in [2.24, 2.45) is 0 Å². The number of non-ortho nitro benzene ring substituents is 1. The van der Waals surface area contributed by atoms with Crippen molar-refractivity contribution >= 4 is 27.5 Å². The molecule has 0 aromatic heterocycles. The first kappa shape index (κ1) is 18.6. The van der Waals surface area contributed by atoms with Crippen molar-refractivity contribution in [3.63, 3.8) is 0 Å². The third kappa shape index (κ3) is 3.53. The molecule has 146 valence electrons. The average Bonchev–Trinajstić information content (AvgIpc) is 2.73. The summed E-state index contributed by atoms with van der Waals surface area (Å²) in [5, 5.41) is 10.8. The van der Waals surface area contributed by atoms with Gasteiger partial charge in [-0.05, 0) is 42.2 Å². The van der Waals surface area contributed by atoms with Crippen LogP contribution < -0.4 is 4.90 Å². The van der Waals surface area contributed by atoms with Crippen molar-refractivity contribution in [3.8, 4) is 0 Å². The molecular weight excluding hydrogens is 378 g/mol. The number of sulfonamides is 1. The Morgan fingerprint density at radius 2 is 1.57 bits per heavy atom. The van der Waals surface area contributed by atoms with Gasteiger partial charge in [0.15, 0.2) is 0 Å². The molecule has 1 fully saturated rings. The highest BCUT2D eigenvalue weighted by Crippen LogP contribution is 2.30. The van der Waals surface area contributed by atoms with Crippen LogP contribution in [0, 0.1) is 10.1 Å². The van der Waals surface area contributed by atoms with Gasteiger partial charge in [0, 0.05) is 44.0 Å². The first-order chi connectivity index (χ1) is 13.4. The number of allylic oxidation sites excluding steroid dienone is 1. The van der Waals surface area contributed by atoms with Crippen LogP contribution in [0.2, 0.25) is 0 Å².